The van der Waals surface area contributed by atoms with Gasteiger partial charge < -0.3 is 5.32 Å². The predicted molar refractivity (Wildman–Crippen MR) is 70.1 cm³/mol. The average molecular weight is 322 g/mol. The molecular formula is C14H9ClF5N. The maximum absolute atomic E-state index is 13.5. The van der Waals surface area contributed by atoms with Crippen LogP contribution < -0.4 is 5.32 Å². The van der Waals surface area contributed by atoms with E-state index in [0.717, 1.165) is 6.07 Å². The molecule has 21 heavy (non-hydrogen) atoms. The van der Waals surface area contributed by atoms with Crippen molar-refractivity contribution in [1.82, 2.24) is 0 Å². The molecule has 0 radical (unpaired) electrons. The highest BCUT2D eigenvalue weighted by Crippen LogP contribution is 2.32. The maximum Gasteiger partial charge on any atom is 0.416 e. The van der Waals surface area contributed by atoms with Gasteiger partial charge in [0, 0.05) is 17.1 Å². The van der Waals surface area contributed by atoms with Gasteiger partial charge in [-0.25, -0.2) is 8.78 Å². The van der Waals surface area contributed by atoms with E-state index in [1.165, 1.54) is 12.1 Å². The highest BCUT2D eigenvalue weighted by molar-refractivity contribution is 6.31. The van der Waals surface area contributed by atoms with Gasteiger partial charge in [-0.2, -0.15) is 13.2 Å². The van der Waals surface area contributed by atoms with Gasteiger partial charge in [-0.1, -0.05) is 17.7 Å². The summed E-state index contributed by atoms with van der Waals surface area (Å²) in [6, 6.07) is 5.95. The Morgan fingerprint density at radius 2 is 1.71 bits per heavy atom. The van der Waals surface area contributed by atoms with Crippen LogP contribution in [-0.2, 0) is 12.7 Å². The number of anilines is 1. The second kappa shape index (κ2) is 5.89. The van der Waals surface area contributed by atoms with E-state index in [9.17, 15) is 22.0 Å². The van der Waals surface area contributed by atoms with E-state index in [1.807, 2.05) is 0 Å². The van der Waals surface area contributed by atoms with E-state index in [1.54, 1.807) is 0 Å². The highest BCUT2D eigenvalue weighted by Gasteiger charge is 2.31. The van der Waals surface area contributed by atoms with Gasteiger partial charge in [0.2, 0.25) is 0 Å². The molecule has 2 aromatic carbocycles. The molecule has 1 N–H and O–H groups in total. The third-order valence-electron chi connectivity index (χ3n) is 2.81. The first-order valence-electron chi connectivity index (χ1n) is 5.82. The second-order valence-electron chi connectivity index (χ2n) is 4.25. The standard InChI is InChI=1S/C14H9ClF5N/c15-10-2-1-3-11(16)9(10)7-21-13-6-8(14(18,19)20)4-5-12(13)17/h1-6,21H,7H2. The molecule has 0 bridgehead atoms. The van der Waals surface area contributed by atoms with Gasteiger partial charge in [0.25, 0.3) is 0 Å². The van der Waals surface area contributed by atoms with Crippen LogP contribution in [0.2, 0.25) is 5.02 Å². The van der Waals surface area contributed by atoms with Crippen LogP contribution in [-0.4, -0.2) is 0 Å². The predicted octanol–water partition coefficient (Wildman–Crippen LogP) is 5.25. The highest BCUT2D eigenvalue weighted by atomic mass is 35.5. The SMILES string of the molecule is Fc1ccc(C(F)(F)F)cc1NCc1c(F)cccc1Cl. The molecule has 0 saturated carbocycles. The minimum Gasteiger partial charge on any atom is -0.378 e. The molecule has 1 nitrogen and oxygen atoms in total. The Labute approximate surface area is 122 Å². The van der Waals surface area contributed by atoms with E-state index >= 15 is 0 Å². The van der Waals surface area contributed by atoms with E-state index in [0.29, 0.717) is 18.2 Å². The number of rotatable bonds is 3. The number of alkyl halides is 3. The smallest absolute Gasteiger partial charge is 0.378 e. The van der Waals surface area contributed by atoms with Gasteiger partial charge in [-0.05, 0) is 30.3 Å². The van der Waals surface area contributed by atoms with Crippen LogP contribution in [0.5, 0.6) is 0 Å². The zero-order chi connectivity index (χ0) is 15.6. The Hall–Kier alpha value is -1.82. The van der Waals surface area contributed by atoms with Gasteiger partial charge in [0.05, 0.1) is 11.3 Å². The van der Waals surface area contributed by atoms with Crippen molar-refractivity contribution < 1.29 is 22.0 Å². The lowest BCUT2D eigenvalue weighted by molar-refractivity contribution is -0.137. The number of hydrogen-bond donors (Lipinski definition) is 1. The molecule has 0 aromatic heterocycles. The molecule has 0 atom stereocenters. The van der Waals surface area contributed by atoms with Gasteiger partial charge in [-0.15, -0.1) is 0 Å². The van der Waals surface area contributed by atoms with Crippen molar-refractivity contribution in [1.29, 1.82) is 0 Å². The van der Waals surface area contributed by atoms with Crippen molar-refractivity contribution >= 4 is 17.3 Å². The molecule has 0 aliphatic rings. The summed E-state index contributed by atoms with van der Waals surface area (Å²) >= 11 is 5.79. The van der Waals surface area contributed by atoms with E-state index in [2.05, 4.69) is 5.32 Å². The lowest BCUT2D eigenvalue weighted by Crippen LogP contribution is -2.08. The third kappa shape index (κ3) is 3.64. The summed E-state index contributed by atoms with van der Waals surface area (Å²) in [6.07, 6.45) is -4.58. The summed E-state index contributed by atoms with van der Waals surface area (Å²) in [4.78, 5) is 0. The number of nitrogens with one attached hydrogen (secondary N) is 1. The molecule has 0 aliphatic carbocycles. The van der Waals surface area contributed by atoms with Gasteiger partial charge in [-0.3, -0.25) is 0 Å². The Kier molecular flexibility index (Phi) is 4.37. The summed E-state index contributed by atoms with van der Waals surface area (Å²) < 4.78 is 64.7. The molecule has 7 heteroatoms. The van der Waals surface area contributed by atoms with Gasteiger partial charge in [0.15, 0.2) is 0 Å². The summed E-state index contributed by atoms with van der Waals surface area (Å²) in [5.74, 6) is -1.49. The lowest BCUT2D eigenvalue weighted by Gasteiger charge is -2.12. The quantitative estimate of drug-likeness (QED) is 0.761. The average Bonchev–Trinajstić information content (AvgIpc) is 2.38. The van der Waals surface area contributed by atoms with Crippen LogP contribution in [0.25, 0.3) is 0 Å². The van der Waals surface area contributed by atoms with E-state index < -0.39 is 23.4 Å². The van der Waals surface area contributed by atoms with Crippen molar-refractivity contribution in [2.75, 3.05) is 5.32 Å². The summed E-state index contributed by atoms with van der Waals surface area (Å²) in [6.45, 7) is -0.232. The zero-order valence-electron chi connectivity index (χ0n) is 10.4. The Bertz CT molecular complexity index is 634. The Morgan fingerprint density at radius 3 is 2.33 bits per heavy atom. The van der Waals surface area contributed by atoms with E-state index in [-0.39, 0.29) is 22.8 Å². The molecule has 112 valence electrons. The molecule has 0 heterocycles. The molecule has 0 spiro atoms. The first-order chi connectivity index (χ1) is 9.79. The monoisotopic (exact) mass is 321 g/mol. The third-order valence-corrected chi connectivity index (χ3v) is 3.17. The first kappa shape index (κ1) is 15.6. The topological polar surface area (TPSA) is 12.0 Å². The normalized spacial score (nSPS) is 11.5. The Morgan fingerprint density at radius 1 is 1.00 bits per heavy atom. The van der Waals surface area contributed by atoms with Crippen molar-refractivity contribution in [3.8, 4) is 0 Å². The summed E-state index contributed by atoms with van der Waals surface area (Å²) in [5.41, 5.74) is -1.31. The van der Waals surface area contributed by atoms with Crippen LogP contribution in [0.1, 0.15) is 11.1 Å². The molecule has 0 fully saturated rings. The second-order valence-corrected chi connectivity index (χ2v) is 4.65. The van der Waals surface area contributed by atoms with Crippen molar-refractivity contribution in [2.24, 2.45) is 0 Å². The molecular weight excluding hydrogens is 313 g/mol. The number of benzene rings is 2. The summed E-state index contributed by atoms with van der Waals surface area (Å²) in [5, 5.41) is 2.53. The van der Waals surface area contributed by atoms with Crippen LogP contribution in [0.4, 0.5) is 27.6 Å². The van der Waals surface area contributed by atoms with E-state index in [4.69, 9.17) is 11.6 Å². The van der Waals surface area contributed by atoms with Crippen LogP contribution in [0, 0.1) is 11.6 Å². The molecule has 0 amide bonds. The first-order valence-corrected chi connectivity index (χ1v) is 6.20. The molecule has 0 aliphatic heterocycles. The molecule has 2 aromatic rings. The number of hydrogen-bond acceptors (Lipinski definition) is 1. The van der Waals surface area contributed by atoms with Crippen LogP contribution >= 0.6 is 11.6 Å². The fourth-order valence-electron chi connectivity index (χ4n) is 1.72. The largest absolute Gasteiger partial charge is 0.416 e. The van der Waals surface area contributed by atoms with Gasteiger partial charge >= 0.3 is 6.18 Å². The van der Waals surface area contributed by atoms with Crippen LogP contribution in [0.3, 0.4) is 0 Å². The fourth-order valence-corrected chi connectivity index (χ4v) is 1.95. The minimum atomic E-state index is -4.58. The molecule has 0 saturated heterocycles. The molecule has 0 unspecified atom stereocenters. The van der Waals surface area contributed by atoms with Crippen molar-refractivity contribution in [2.45, 2.75) is 12.7 Å². The fraction of sp³-hybridized carbons (Fsp3) is 0.143. The Balaban J connectivity index is 2.24. The maximum atomic E-state index is 13.5. The zero-order valence-corrected chi connectivity index (χ0v) is 11.2. The van der Waals surface area contributed by atoms with Crippen molar-refractivity contribution in [3.05, 3.63) is 64.2 Å². The lowest BCUT2D eigenvalue weighted by atomic mass is 10.1. The van der Waals surface area contributed by atoms with Crippen LogP contribution in [0.15, 0.2) is 36.4 Å². The van der Waals surface area contributed by atoms with Crippen molar-refractivity contribution in [3.63, 3.8) is 0 Å². The van der Waals surface area contributed by atoms with Gasteiger partial charge in [0.1, 0.15) is 11.6 Å². The number of halogens is 6. The minimum absolute atomic E-state index is 0.0518. The molecule has 2 rings (SSSR count). The summed E-state index contributed by atoms with van der Waals surface area (Å²) in [7, 11) is 0.